The fourth-order valence-electron chi connectivity index (χ4n) is 2.44. The van der Waals surface area contributed by atoms with Gasteiger partial charge in [0.25, 0.3) is 5.91 Å². The topological polar surface area (TPSA) is 82.8 Å². The molecular formula is C20H26N2O4. The number of anilines is 2. The van der Waals surface area contributed by atoms with Crippen molar-refractivity contribution in [2.24, 2.45) is 0 Å². The predicted octanol–water partition coefficient (Wildman–Crippen LogP) is 4.03. The third-order valence-electron chi connectivity index (χ3n) is 3.71. The van der Waals surface area contributed by atoms with E-state index in [0.717, 1.165) is 5.56 Å². The summed E-state index contributed by atoms with van der Waals surface area (Å²) in [6, 6.07) is 8.72. The Morgan fingerprint density at radius 1 is 0.962 bits per heavy atom. The van der Waals surface area contributed by atoms with Crippen molar-refractivity contribution in [1.29, 1.82) is 0 Å². The molecule has 0 aliphatic rings. The number of hydrogen-bond acceptors (Lipinski definition) is 5. The monoisotopic (exact) mass is 358 g/mol. The number of nitrogens with one attached hydrogen (secondary N) is 1. The lowest BCUT2D eigenvalue weighted by Gasteiger charge is -2.17. The summed E-state index contributed by atoms with van der Waals surface area (Å²) in [6.07, 6.45) is 0. The van der Waals surface area contributed by atoms with Gasteiger partial charge < -0.3 is 25.3 Å². The molecule has 0 heterocycles. The highest BCUT2D eigenvalue weighted by molar-refractivity contribution is 6.05. The first kappa shape index (κ1) is 19.4. The van der Waals surface area contributed by atoms with Crippen LogP contribution in [0.3, 0.4) is 0 Å². The van der Waals surface area contributed by atoms with Gasteiger partial charge in [0.2, 0.25) is 5.75 Å². The second-order valence-electron chi connectivity index (χ2n) is 5.63. The zero-order valence-corrected chi connectivity index (χ0v) is 15.7. The minimum absolute atomic E-state index is 0.279. The van der Waals surface area contributed by atoms with Gasteiger partial charge >= 0.3 is 0 Å². The number of carbonyl (C=O) groups is 1. The minimum atomic E-state index is -0.279. The highest BCUT2D eigenvalue weighted by Gasteiger charge is 2.18. The van der Waals surface area contributed by atoms with Crippen LogP contribution in [0.1, 0.15) is 36.7 Å². The maximum atomic E-state index is 12.7. The first-order valence-electron chi connectivity index (χ1n) is 8.74. The number of amides is 1. The maximum absolute atomic E-state index is 12.7. The number of nitrogen functional groups attached to an aromatic ring is 1. The molecule has 6 heteroatoms. The van der Waals surface area contributed by atoms with E-state index in [0.29, 0.717) is 54.0 Å². The first-order chi connectivity index (χ1) is 12.5. The SMILES string of the molecule is CCOc1cc(C(=O)Nc2ccc(C)c(N)c2)cc(OCC)c1OCC. The van der Waals surface area contributed by atoms with Crippen LogP contribution >= 0.6 is 0 Å². The van der Waals surface area contributed by atoms with Gasteiger partial charge in [-0.05, 0) is 57.5 Å². The molecule has 2 aromatic rings. The van der Waals surface area contributed by atoms with Crippen molar-refractivity contribution in [2.75, 3.05) is 30.9 Å². The molecule has 0 radical (unpaired) electrons. The molecule has 140 valence electrons. The molecule has 0 saturated heterocycles. The van der Waals surface area contributed by atoms with E-state index in [1.807, 2.05) is 39.8 Å². The van der Waals surface area contributed by atoms with Crippen LogP contribution in [-0.4, -0.2) is 25.7 Å². The van der Waals surface area contributed by atoms with Gasteiger partial charge in [-0.15, -0.1) is 0 Å². The molecule has 0 spiro atoms. The maximum Gasteiger partial charge on any atom is 0.255 e. The molecular weight excluding hydrogens is 332 g/mol. The van der Waals surface area contributed by atoms with Crippen molar-refractivity contribution >= 4 is 17.3 Å². The Labute approximate surface area is 154 Å². The predicted molar refractivity (Wildman–Crippen MR) is 103 cm³/mol. The second kappa shape index (κ2) is 8.99. The molecule has 0 aliphatic carbocycles. The van der Waals surface area contributed by atoms with Crippen molar-refractivity contribution in [2.45, 2.75) is 27.7 Å². The third-order valence-corrected chi connectivity index (χ3v) is 3.71. The van der Waals surface area contributed by atoms with Gasteiger partial charge in [0.1, 0.15) is 0 Å². The zero-order chi connectivity index (χ0) is 19.1. The van der Waals surface area contributed by atoms with Crippen molar-refractivity contribution in [1.82, 2.24) is 0 Å². The van der Waals surface area contributed by atoms with Crippen LogP contribution in [0.25, 0.3) is 0 Å². The molecule has 26 heavy (non-hydrogen) atoms. The average molecular weight is 358 g/mol. The quantitative estimate of drug-likeness (QED) is 0.696. The van der Waals surface area contributed by atoms with E-state index in [1.54, 1.807) is 18.2 Å². The van der Waals surface area contributed by atoms with Crippen LogP contribution in [0.2, 0.25) is 0 Å². The fraction of sp³-hybridized carbons (Fsp3) is 0.350. The Morgan fingerprint density at radius 3 is 2.04 bits per heavy atom. The van der Waals surface area contributed by atoms with Gasteiger partial charge in [-0.2, -0.15) is 0 Å². The number of rotatable bonds is 8. The van der Waals surface area contributed by atoms with E-state index in [4.69, 9.17) is 19.9 Å². The lowest BCUT2D eigenvalue weighted by Crippen LogP contribution is -2.13. The molecule has 1 amide bonds. The van der Waals surface area contributed by atoms with E-state index in [9.17, 15) is 4.79 Å². The zero-order valence-electron chi connectivity index (χ0n) is 15.7. The van der Waals surface area contributed by atoms with Crippen LogP contribution in [0.15, 0.2) is 30.3 Å². The third kappa shape index (κ3) is 4.59. The molecule has 0 aromatic heterocycles. The molecule has 0 aliphatic heterocycles. The molecule has 0 bridgehead atoms. The highest BCUT2D eigenvalue weighted by atomic mass is 16.5. The Kier molecular flexibility index (Phi) is 6.72. The molecule has 0 unspecified atom stereocenters. The summed E-state index contributed by atoms with van der Waals surface area (Å²) in [5.74, 6) is 1.19. The van der Waals surface area contributed by atoms with Gasteiger partial charge in [-0.1, -0.05) is 6.07 Å². The van der Waals surface area contributed by atoms with E-state index < -0.39 is 0 Å². The largest absolute Gasteiger partial charge is 0.490 e. The summed E-state index contributed by atoms with van der Waals surface area (Å²) in [6.45, 7) is 8.91. The number of hydrogen-bond donors (Lipinski definition) is 2. The summed E-state index contributed by atoms with van der Waals surface area (Å²) in [5.41, 5.74) is 8.54. The summed E-state index contributed by atoms with van der Waals surface area (Å²) < 4.78 is 17.0. The smallest absolute Gasteiger partial charge is 0.255 e. The number of ether oxygens (including phenoxy) is 3. The van der Waals surface area contributed by atoms with Crippen molar-refractivity contribution in [3.63, 3.8) is 0 Å². The van der Waals surface area contributed by atoms with E-state index in [2.05, 4.69) is 5.32 Å². The minimum Gasteiger partial charge on any atom is -0.490 e. The first-order valence-corrected chi connectivity index (χ1v) is 8.74. The highest BCUT2D eigenvalue weighted by Crippen LogP contribution is 2.39. The summed E-state index contributed by atoms with van der Waals surface area (Å²) >= 11 is 0. The molecule has 6 nitrogen and oxygen atoms in total. The van der Waals surface area contributed by atoms with E-state index in [1.165, 1.54) is 0 Å². The average Bonchev–Trinajstić information content (AvgIpc) is 2.61. The fourth-order valence-corrected chi connectivity index (χ4v) is 2.44. The molecule has 2 rings (SSSR count). The Hall–Kier alpha value is -2.89. The standard InChI is InChI=1S/C20H26N2O4/c1-5-24-17-10-14(11-18(25-6-2)19(17)26-7-3)20(23)22-15-9-8-13(4)16(21)12-15/h8-12H,5-7,21H2,1-4H3,(H,22,23). The van der Waals surface area contributed by atoms with Gasteiger partial charge in [-0.25, -0.2) is 0 Å². The van der Waals surface area contributed by atoms with Gasteiger partial charge in [0.15, 0.2) is 11.5 Å². The molecule has 0 saturated carbocycles. The van der Waals surface area contributed by atoms with Crippen LogP contribution in [0, 0.1) is 6.92 Å². The number of nitrogens with two attached hydrogens (primary N) is 1. The van der Waals surface area contributed by atoms with Gasteiger partial charge in [-0.3, -0.25) is 4.79 Å². The summed E-state index contributed by atoms with van der Waals surface area (Å²) in [7, 11) is 0. The van der Waals surface area contributed by atoms with Crippen molar-refractivity contribution in [3.8, 4) is 17.2 Å². The summed E-state index contributed by atoms with van der Waals surface area (Å²) in [5, 5.41) is 2.85. The Morgan fingerprint density at radius 2 is 1.54 bits per heavy atom. The Balaban J connectivity index is 2.36. The normalized spacial score (nSPS) is 10.3. The second-order valence-corrected chi connectivity index (χ2v) is 5.63. The van der Waals surface area contributed by atoms with Crippen LogP contribution in [-0.2, 0) is 0 Å². The molecule has 3 N–H and O–H groups in total. The lowest BCUT2D eigenvalue weighted by atomic mass is 10.1. The van der Waals surface area contributed by atoms with Crippen LogP contribution in [0.5, 0.6) is 17.2 Å². The number of benzene rings is 2. The van der Waals surface area contributed by atoms with Gasteiger partial charge in [0, 0.05) is 16.9 Å². The number of carbonyl (C=O) groups excluding carboxylic acids is 1. The molecule has 0 fully saturated rings. The van der Waals surface area contributed by atoms with Crippen LogP contribution < -0.4 is 25.3 Å². The molecule has 2 aromatic carbocycles. The summed E-state index contributed by atoms with van der Waals surface area (Å²) in [4.78, 5) is 12.7. The Bertz CT molecular complexity index is 747. The number of aryl methyl sites for hydroxylation is 1. The van der Waals surface area contributed by atoms with E-state index >= 15 is 0 Å². The lowest BCUT2D eigenvalue weighted by molar-refractivity contribution is 0.102. The van der Waals surface area contributed by atoms with Gasteiger partial charge in [0.05, 0.1) is 19.8 Å². The molecule has 0 atom stereocenters. The van der Waals surface area contributed by atoms with Crippen molar-refractivity contribution in [3.05, 3.63) is 41.5 Å². The van der Waals surface area contributed by atoms with Crippen LogP contribution in [0.4, 0.5) is 11.4 Å². The van der Waals surface area contributed by atoms with E-state index in [-0.39, 0.29) is 5.91 Å². The van der Waals surface area contributed by atoms with Crippen molar-refractivity contribution < 1.29 is 19.0 Å².